The van der Waals surface area contributed by atoms with Crippen LogP contribution in [0.1, 0.15) is 11.1 Å². The lowest BCUT2D eigenvalue weighted by Crippen LogP contribution is -2.04. The summed E-state index contributed by atoms with van der Waals surface area (Å²) in [5.41, 5.74) is 1.28. The lowest BCUT2D eigenvalue weighted by Gasteiger charge is -2.11. The lowest BCUT2D eigenvalue weighted by molar-refractivity contribution is -0.137. The van der Waals surface area contributed by atoms with E-state index in [1.807, 2.05) is 13.0 Å². The van der Waals surface area contributed by atoms with Crippen molar-refractivity contribution in [1.29, 1.82) is 0 Å². The Morgan fingerprint density at radius 2 is 1.55 bits per heavy atom. The van der Waals surface area contributed by atoms with Gasteiger partial charge in [0.05, 0.1) is 5.56 Å². The van der Waals surface area contributed by atoms with Gasteiger partial charge in [-0.2, -0.15) is 13.2 Å². The Bertz CT molecular complexity index is 591. The molecule has 0 atom stereocenters. The Balaban J connectivity index is 2.18. The minimum atomic E-state index is -4.33. The second-order valence-corrected chi connectivity index (χ2v) is 4.35. The Hall–Kier alpha value is -2.17. The van der Waals surface area contributed by atoms with Crippen molar-refractivity contribution in [2.24, 2.45) is 0 Å². The van der Waals surface area contributed by atoms with Gasteiger partial charge in [0, 0.05) is 18.8 Å². The van der Waals surface area contributed by atoms with Gasteiger partial charge in [-0.3, -0.25) is 0 Å². The molecule has 5 heteroatoms. The highest BCUT2D eigenvalue weighted by Gasteiger charge is 2.30. The molecular formula is C15H14F3NO. The van der Waals surface area contributed by atoms with E-state index in [2.05, 4.69) is 5.32 Å². The molecule has 0 saturated carbocycles. The first kappa shape index (κ1) is 14.2. The van der Waals surface area contributed by atoms with Gasteiger partial charge in [-0.25, -0.2) is 0 Å². The molecule has 0 bridgehead atoms. The molecule has 20 heavy (non-hydrogen) atoms. The van der Waals surface area contributed by atoms with Gasteiger partial charge in [-0.05, 0) is 42.8 Å². The summed E-state index contributed by atoms with van der Waals surface area (Å²) in [6, 6.07) is 10.1. The molecule has 0 radical (unpaired) electrons. The minimum absolute atomic E-state index is 0.365. The molecule has 0 aliphatic rings. The number of nitrogens with one attached hydrogen (secondary N) is 1. The quantitative estimate of drug-likeness (QED) is 0.868. The van der Waals surface area contributed by atoms with Gasteiger partial charge < -0.3 is 10.1 Å². The van der Waals surface area contributed by atoms with Crippen LogP contribution in [-0.4, -0.2) is 7.05 Å². The van der Waals surface area contributed by atoms with Crippen LogP contribution in [0, 0.1) is 6.92 Å². The number of rotatable bonds is 3. The third-order valence-electron chi connectivity index (χ3n) is 2.90. The van der Waals surface area contributed by atoms with Crippen LogP contribution in [0.2, 0.25) is 0 Å². The van der Waals surface area contributed by atoms with E-state index in [0.717, 1.165) is 23.4 Å². The maximum atomic E-state index is 12.4. The third kappa shape index (κ3) is 3.23. The Morgan fingerprint density at radius 1 is 0.950 bits per heavy atom. The smallest absolute Gasteiger partial charge is 0.416 e. The summed E-state index contributed by atoms with van der Waals surface area (Å²) in [7, 11) is 1.80. The molecule has 0 saturated heterocycles. The Morgan fingerprint density at radius 3 is 2.10 bits per heavy atom. The summed E-state index contributed by atoms with van der Waals surface area (Å²) < 4.78 is 42.9. The first-order valence-electron chi connectivity index (χ1n) is 6.03. The molecule has 2 nitrogen and oxygen atoms in total. The largest absolute Gasteiger partial charge is 0.457 e. The predicted octanol–water partition coefficient (Wildman–Crippen LogP) is 4.85. The number of halogens is 3. The highest BCUT2D eigenvalue weighted by molar-refractivity contribution is 5.54. The van der Waals surface area contributed by atoms with E-state index in [1.165, 1.54) is 12.1 Å². The van der Waals surface area contributed by atoms with Crippen molar-refractivity contribution in [2.75, 3.05) is 12.4 Å². The fourth-order valence-electron chi connectivity index (χ4n) is 1.78. The van der Waals surface area contributed by atoms with E-state index in [0.29, 0.717) is 11.5 Å². The van der Waals surface area contributed by atoms with Crippen molar-refractivity contribution in [1.82, 2.24) is 0 Å². The van der Waals surface area contributed by atoms with Gasteiger partial charge in [-0.1, -0.05) is 6.07 Å². The number of hydrogen-bond acceptors (Lipinski definition) is 2. The van der Waals surface area contributed by atoms with Crippen molar-refractivity contribution >= 4 is 5.69 Å². The first-order chi connectivity index (χ1) is 9.40. The van der Waals surface area contributed by atoms with E-state index in [4.69, 9.17) is 4.74 Å². The van der Waals surface area contributed by atoms with Crippen LogP contribution in [-0.2, 0) is 6.18 Å². The second-order valence-electron chi connectivity index (χ2n) is 4.35. The van der Waals surface area contributed by atoms with Crippen molar-refractivity contribution in [3.8, 4) is 11.5 Å². The molecule has 0 amide bonds. The summed E-state index contributed by atoms with van der Waals surface area (Å²) in [5.74, 6) is 0.934. The Kier molecular flexibility index (Phi) is 3.88. The van der Waals surface area contributed by atoms with Gasteiger partial charge in [0.15, 0.2) is 0 Å². The topological polar surface area (TPSA) is 21.3 Å². The molecule has 2 aromatic carbocycles. The maximum Gasteiger partial charge on any atom is 0.416 e. The van der Waals surface area contributed by atoms with Gasteiger partial charge in [0.2, 0.25) is 0 Å². The lowest BCUT2D eigenvalue weighted by atomic mass is 10.2. The molecule has 106 valence electrons. The van der Waals surface area contributed by atoms with Crippen LogP contribution < -0.4 is 10.1 Å². The van der Waals surface area contributed by atoms with Crippen LogP contribution >= 0.6 is 0 Å². The number of benzene rings is 2. The average Bonchev–Trinajstić information content (AvgIpc) is 2.40. The SMILES string of the molecule is CNc1cc(Oc2ccc(C(F)(F)F)cc2)ccc1C. The standard InChI is InChI=1S/C15H14F3NO/c1-10-3-6-13(9-14(10)19-2)20-12-7-4-11(5-8-12)15(16,17)18/h3-9,19H,1-2H3. The van der Waals surface area contributed by atoms with E-state index < -0.39 is 11.7 Å². The monoisotopic (exact) mass is 281 g/mol. The predicted molar refractivity (Wildman–Crippen MR) is 72.2 cm³/mol. The zero-order valence-electron chi connectivity index (χ0n) is 11.1. The summed E-state index contributed by atoms with van der Waals surface area (Å²) >= 11 is 0. The fourth-order valence-corrected chi connectivity index (χ4v) is 1.78. The fraction of sp³-hybridized carbons (Fsp3) is 0.200. The summed E-state index contributed by atoms with van der Waals surface area (Å²) in [6.07, 6.45) is -4.33. The molecule has 0 aliphatic carbocycles. The van der Waals surface area contributed by atoms with Crippen molar-refractivity contribution in [2.45, 2.75) is 13.1 Å². The zero-order valence-corrected chi connectivity index (χ0v) is 11.1. The molecule has 0 unspecified atom stereocenters. The van der Waals surface area contributed by atoms with Crippen LogP contribution in [0.3, 0.4) is 0 Å². The molecule has 0 heterocycles. The summed E-state index contributed by atoms with van der Waals surface area (Å²) in [6.45, 7) is 1.95. The normalized spacial score (nSPS) is 11.2. The van der Waals surface area contributed by atoms with E-state index in [9.17, 15) is 13.2 Å². The van der Waals surface area contributed by atoms with E-state index in [-0.39, 0.29) is 0 Å². The average molecular weight is 281 g/mol. The van der Waals surface area contributed by atoms with Gasteiger partial charge >= 0.3 is 6.18 Å². The maximum absolute atomic E-state index is 12.4. The van der Waals surface area contributed by atoms with Gasteiger partial charge in [0.1, 0.15) is 11.5 Å². The minimum Gasteiger partial charge on any atom is -0.457 e. The Labute approximate surface area is 115 Å². The molecule has 1 N–H and O–H groups in total. The molecule has 0 aliphatic heterocycles. The molecule has 2 aromatic rings. The molecule has 2 rings (SSSR count). The molecule has 0 fully saturated rings. The van der Waals surface area contributed by atoms with Crippen molar-refractivity contribution < 1.29 is 17.9 Å². The molecule has 0 spiro atoms. The number of alkyl halides is 3. The van der Waals surface area contributed by atoms with Crippen LogP contribution in [0.4, 0.5) is 18.9 Å². The van der Waals surface area contributed by atoms with E-state index >= 15 is 0 Å². The zero-order chi connectivity index (χ0) is 14.8. The van der Waals surface area contributed by atoms with Crippen LogP contribution in [0.15, 0.2) is 42.5 Å². The van der Waals surface area contributed by atoms with Crippen LogP contribution in [0.25, 0.3) is 0 Å². The number of anilines is 1. The number of ether oxygens (including phenoxy) is 1. The number of hydrogen-bond donors (Lipinski definition) is 1. The van der Waals surface area contributed by atoms with Gasteiger partial charge in [-0.15, -0.1) is 0 Å². The van der Waals surface area contributed by atoms with Crippen molar-refractivity contribution in [3.05, 3.63) is 53.6 Å². The first-order valence-corrected chi connectivity index (χ1v) is 6.03. The summed E-state index contributed by atoms with van der Waals surface area (Å²) in [4.78, 5) is 0. The second kappa shape index (κ2) is 5.45. The van der Waals surface area contributed by atoms with Crippen LogP contribution in [0.5, 0.6) is 11.5 Å². The highest BCUT2D eigenvalue weighted by atomic mass is 19.4. The number of aryl methyl sites for hydroxylation is 1. The summed E-state index contributed by atoms with van der Waals surface area (Å²) in [5, 5.41) is 3.02. The molecule has 0 aromatic heterocycles. The highest BCUT2D eigenvalue weighted by Crippen LogP contribution is 2.32. The van der Waals surface area contributed by atoms with E-state index in [1.54, 1.807) is 19.2 Å². The van der Waals surface area contributed by atoms with Gasteiger partial charge in [0.25, 0.3) is 0 Å². The van der Waals surface area contributed by atoms with Crippen molar-refractivity contribution in [3.63, 3.8) is 0 Å². The third-order valence-corrected chi connectivity index (χ3v) is 2.90. The molecular weight excluding hydrogens is 267 g/mol.